The van der Waals surface area contributed by atoms with Crippen molar-refractivity contribution in [2.45, 2.75) is 35.1 Å². The SMILES string of the molecule is N=C/N=c1\[nH]c(N2CCC[C@@H](N)CC2)ncc1Sc1cccc(Cl)c1Cl. The zero-order valence-electron chi connectivity index (χ0n) is 14.1. The molecule has 26 heavy (non-hydrogen) atoms. The molecule has 1 saturated heterocycles. The Kier molecular flexibility index (Phi) is 6.58. The van der Waals surface area contributed by atoms with E-state index >= 15 is 0 Å². The molecule has 0 unspecified atom stereocenters. The fourth-order valence-electron chi connectivity index (χ4n) is 2.79. The fourth-order valence-corrected chi connectivity index (χ4v) is 4.15. The second-order valence-corrected chi connectivity index (χ2v) is 7.88. The highest BCUT2D eigenvalue weighted by atomic mass is 35.5. The molecular weight excluding hydrogens is 391 g/mol. The Morgan fingerprint density at radius 3 is 2.96 bits per heavy atom. The number of hydrogen-bond donors (Lipinski definition) is 3. The van der Waals surface area contributed by atoms with Gasteiger partial charge in [-0.25, -0.2) is 9.98 Å². The molecule has 0 radical (unpaired) electrons. The lowest BCUT2D eigenvalue weighted by Gasteiger charge is -2.21. The zero-order valence-corrected chi connectivity index (χ0v) is 16.4. The van der Waals surface area contributed by atoms with Crippen LogP contribution in [0.25, 0.3) is 0 Å². The summed E-state index contributed by atoms with van der Waals surface area (Å²) < 4.78 is 0. The Balaban J connectivity index is 1.91. The van der Waals surface area contributed by atoms with Crippen molar-refractivity contribution in [3.63, 3.8) is 0 Å². The van der Waals surface area contributed by atoms with Crippen LogP contribution in [0.5, 0.6) is 0 Å². The van der Waals surface area contributed by atoms with Gasteiger partial charge in [-0.15, -0.1) is 0 Å². The van der Waals surface area contributed by atoms with Gasteiger partial charge in [0, 0.05) is 30.2 Å². The maximum absolute atomic E-state index is 7.35. The van der Waals surface area contributed by atoms with Crippen molar-refractivity contribution in [2.24, 2.45) is 10.7 Å². The summed E-state index contributed by atoms with van der Waals surface area (Å²) in [6.45, 7) is 1.75. The quantitative estimate of drug-likeness (QED) is 0.528. The number of aromatic amines is 1. The van der Waals surface area contributed by atoms with E-state index in [0.29, 0.717) is 15.5 Å². The van der Waals surface area contributed by atoms with Gasteiger partial charge in [0.25, 0.3) is 0 Å². The molecule has 0 saturated carbocycles. The molecule has 1 aromatic carbocycles. The number of nitrogens with one attached hydrogen (secondary N) is 2. The Hall–Kier alpha value is -1.54. The van der Waals surface area contributed by atoms with Gasteiger partial charge in [0.1, 0.15) is 11.8 Å². The normalized spacial score (nSPS) is 18.7. The van der Waals surface area contributed by atoms with Crippen LogP contribution in [0, 0.1) is 5.41 Å². The Morgan fingerprint density at radius 1 is 1.31 bits per heavy atom. The van der Waals surface area contributed by atoms with Crippen molar-refractivity contribution in [1.29, 1.82) is 5.41 Å². The number of nitrogens with two attached hydrogens (primary N) is 1. The molecule has 2 aromatic rings. The van der Waals surface area contributed by atoms with E-state index in [0.717, 1.165) is 54.4 Å². The standard InChI is InChI=1S/C17H20Cl2N6S/c18-12-4-1-5-13(15(12)19)26-14-9-22-17(24-16(14)23-10-20)25-7-2-3-11(21)6-8-25/h1,4-5,9-11H,2-3,6-8,21H2,(H2,20,22,23,24)/t11-/m1/s1. The van der Waals surface area contributed by atoms with Crippen LogP contribution in [0.15, 0.2) is 39.2 Å². The summed E-state index contributed by atoms with van der Waals surface area (Å²) in [7, 11) is 0. The first-order valence-corrected chi connectivity index (χ1v) is 9.90. The maximum Gasteiger partial charge on any atom is 0.204 e. The molecule has 1 atom stereocenters. The Labute approximate surface area is 166 Å². The van der Waals surface area contributed by atoms with Crippen molar-refractivity contribution >= 4 is 47.3 Å². The first kappa shape index (κ1) is 19.2. The monoisotopic (exact) mass is 410 g/mol. The predicted octanol–water partition coefficient (Wildman–Crippen LogP) is 3.69. The van der Waals surface area contributed by atoms with E-state index in [9.17, 15) is 0 Å². The van der Waals surface area contributed by atoms with Gasteiger partial charge in [0.05, 0.1) is 14.9 Å². The third-order valence-corrected chi connectivity index (χ3v) is 6.18. The third kappa shape index (κ3) is 4.59. The van der Waals surface area contributed by atoms with Gasteiger partial charge in [-0.2, -0.15) is 0 Å². The number of rotatable bonds is 4. The predicted molar refractivity (Wildman–Crippen MR) is 108 cm³/mol. The largest absolute Gasteiger partial charge is 0.342 e. The minimum absolute atomic E-state index is 0.241. The smallest absolute Gasteiger partial charge is 0.204 e. The summed E-state index contributed by atoms with van der Waals surface area (Å²) in [6.07, 6.45) is 5.75. The third-order valence-electron chi connectivity index (χ3n) is 4.17. The molecule has 0 amide bonds. The van der Waals surface area contributed by atoms with Crippen LogP contribution in [0.1, 0.15) is 19.3 Å². The minimum Gasteiger partial charge on any atom is -0.342 e. The van der Waals surface area contributed by atoms with Crippen LogP contribution in [-0.2, 0) is 0 Å². The Bertz CT molecular complexity index is 853. The number of halogens is 2. The number of aromatic nitrogens is 2. The first-order chi connectivity index (χ1) is 12.6. The molecule has 4 N–H and O–H groups in total. The number of hydrogen-bond acceptors (Lipinski definition) is 5. The molecule has 1 aliphatic rings. The number of nitrogens with zero attached hydrogens (tertiary/aromatic N) is 3. The topological polar surface area (TPSA) is 94.2 Å². The highest BCUT2D eigenvalue weighted by Crippen LogP contribution is 2.35. The van der Waals surface area contributed by atoms with Crippen molar-refractivity contribution in [3.05, 3.63) is 39.9 Å². The molecule has 1 aliphatic heterocycles. The molecule has 6 nitrogen and oxygen atoms in total. The van der Waals surface area contributed by atoms with Crippen LogP contribution < -0.4 is 16.1 Å². The summed E-state index contributed by atoms with van der Waals surface area (Å²) in [5.41, 5.74) is 6.63. The Morgan fingerprint density at radius 2 is 2.15 bits per heavy atom. The highest BCUT2D eigenvalue weighted by molar-refractivity contribution is 7.99. The van der Waals surface area contributed by atoms with Crippen LogP contribution in [0.2, 0.25) is 10.0 Å². The van der Waals surface area contributed by atoms with Crippen LogP contribution in [0.4, 0.5) is 5.95 Å². The van der Waals surface area contributed by atoms with E-state index in [-0.39, 0.29) is 6.04 Å². The van der Waals surface area contributed by atoms with Crippen molar-refractivity contribution in [1.82, 2.24) is 9.97 Å². The van der Waals surface area contributed by atoms with E-state index in [1.54, 1.807) is 12.3 Å². The molecule has 9 heteroatoms. The average Bonchev–Trinajstić information content (AvgIpc) is 2.85. The molecule has 3 rings (SSSR count). The van der Waals surface area contributed by atoms with Crippen molar-refractivity contribution in [2.75, 3.05) is 18.0 Å². The van der Waals surface area contributed by atoms with E-state index in [2.05, 4.69) is 19.9 Å². The number of benzene rings is 1. The van der Waals surface area contributed by atoms with Crippen LogP contribution in [-0.4, -0.2) is 35.4 Å². The maximum atomic E-state index is 7.35. The highest BCUT2D eigenvalue weighted by Gasteiger charge is 2.17. The van der Waals surface area contributed by atoms with E-state index in [1.165, 1.54) is 11.8 Å². The molecule has 138 valence electrons. The summed E-state index contributed by atoms with van der Waals surface area (Å²) in [5, 5.41) is 8.34. The lowest BCUT2D eigenvalue weighted by molar-refractivity contribution is 0.601. The number of anilines is 1. The van der Waals surface area contributed by atoms with Crippen molar-refractivity contribution in [3.8, 4) is 0 Å². The summed E-state index contributed by atoms with van der Waals surface area (Å²) in [5.74, 6) is 0.737. The van der Waals surface area contributed by atoms with Crippen LogP contribution in [0.3, 0.4) is 0 Å². The van der Waals surface area contributed by atoms with E-state index in [1.807, 2.05) is 12.1 Å². The second kappa shape index (κ2) is 8.90. The lowest BCUT2D eigenvalue weighted by Crippen LogP contribution is -2.30. The van der Waals surface area contributed by atoms with Gasteiger partial charge >= 0.3 is 0 Å². The molecule has 2 heterocycles. The van der Waals surface area contributed by atoms with Gasteiger partial charge in [-0.3, -0.25) is 5.41 Å². The van der Waals surface area contributed by atoms with E-state index < -0.39 is 0 Å². The fraction of sp³-hybridized carbons (Fsp3) is 0.353. The molecule has 0 aliphatic carbocycles. The summed E-state index contributed by atoms with van der Waals surface area (Å²) in [4.78, 5) is 15.7. The minimum atomic E-state index is 0.241. The summed E-state index contributed by atoms with van der Waals surface area (Å²) >= 11 is 13.8. The van der Waals surface area contributed by atoms with Gasteiger partial charge in [0.15, 0.2) is 0 Å². The zero-order chi connectivity index (χ0) is 18.5. The molecule has 0 spiro atoms. The van der Waals surface area contributed by atoms with Gasteiger partial charge in [0.2, 0.25) is 5.95 Å². The molecule has 1 fully saturated rings. The van der Waals surface area contributed by atoms with Gasteiger partial charge < -0.3 is 15.6 Å². The molecule has 1 aromatic heterocycles. The lowest BCUT2D eigenvalue weighted by atomic mass is 10.1. The second-order valence-electron chi connectivity index (χ2n) is 6.01. The molecule has 0 bridgehead atoms. The molecular formula is C17H20Cl2N6S. The van der Waals surface area contributed by atoms with Crippen LogP contribution >= 0.6 is 35.0 Å². The summed E-state index contributed by atoms with van der Waals surface area (Å²) in [6, 6.07) is 5.71. The van der Waals surface area contributed by atoms with Crippen molar-refractivity contribution < 1.29 is 0 Å². The van der Waals surface area contributed by atoms with Gasteiger partial charge in [-0.05, 0) is 31.4 Å². The van der Waals surface area contributed by atoms with Gasteiger partial charge in [-0.1, -0.05) is 41.0 Å². The average molecular weight is 411 g/mol. The first-order valence-electron chi connectivity index (χ1n) is 8.33. The van der Waals surface area contributed by atoms with E-state index in [4.69, 9.17) is 34.3 Å². The number of H-pyrrole nitrogens is 1.